The summed E-state index contributed by atoms with van der Waals surface area (Å²) in [6, 6.07) is 3.69. The van der Waals surface area contributed by atoms with Crippen LogP contribution in [0.4, 0.5) is 5.00 Å². The Hall–Kier alpha value is -2.74. The Morgan fingerprint density at radius 3 is 2.60 bits per heavy atom. The average Bonchev–Trinajstić information content (AvgIpc) is 3.07. The summed E-state index contributed by atoms with van der Waals surface area (Å²) in [5, 5.41) is 15.8. The standard InChI is InChI=1S/C22H27N3O4S/c1-3-15-13(2)30-21(18(15)20(27)24-12-14-7-6-10-23-11-14)25-19(26)16-8-4-5-9-17(16)22(28)29/h6-7,10-11,16-17H,3-5,8-9,12H2,1-2H3,(H,24,27)(H,25,26)(H,28,29). The first-order valence-electron chi connectivity index (χ1n) is 10.2. The molecule has 0 spiro atoms. The number of thiophene rings is 1. The van der Waals surface area contributed by atoms with Crippen molar-refractivity contribution in [3.8, 4) is 0 Å². The molecule has 2 aromatic heterocycles. The number of carbonyl (C=O) groups is 3. The van der Waals surface area contributed by atoms with Gasteiger partial charge in [-0.05, 0) is 43.4 Å². The minimum absolute atomic E-state index is 0.256. The number of aromatic nitrogens is 1. The molecule has 0 aliphatic heterocycles. The van der Waals surface area contributed by atoms with Crippen molar-refractivity contribution < 1.29 is 19.5 Å². The highest BCUT2D eigenvalue weighted by Crippen LogP contribution is 2.36. The molecule has 8 heteroatoms. The van der Waals surface area contributed by atoms with Gasteiger partial charge in [-0.15, -0.1) is 11.3 Å². The molecule has 0 bridgehead atoms. The van der Waals surface area contributed by atoms with Gasteiger partial charge in [0.05, 0.1) is 17.4 Å². The summed E-state index contributed by atoms with van der Waals surface area (Å²) in [4.78, 5) is 42.5. The van der Waals surface area contributed by atoms with Crippen LogP contribution in [0.5, 0.6) is 0 Å². The van der Waals surface area contributed by atoms with E-state index in [9.17, 15) is 19.5 Å². The molecule has 1 aliphatic carbocycles. The van der Waals surface area contributed by atoms with E-state index in [0.717, 1.165) is 28.8 Å². The number of rotatable bonds is 7. The van der Waals surface area contributed by atoms with Crippen molar-refractivity contribution >= 4 is 34.1 Å². The molecule has 0 aromatic carbocycles. The molecule has 2 heterocycles. The number of carbonyl (C=O) groups excluding carboxylic acids is 2. The molecule has 0 radical (unpaired) electrons. The number of nitrogens with zero attached hydrogens (tertiary/aromatic N) is 1. The maximum Gasteiger partial charge on any atom is 0.307 e. The van der Waals surface area contributed by atoms with E-state index in [1.54, 1.807) is 12.4 Å². The zero-order valence-electron chi connectivity index (χ0n) is 17.2. The molecule has 160 valence electrons. The lowest BCUT2D eigenvalue weighted by Crippen LogP contribution is -2.36. The van der Waals surface area contributed by atoms with Crippen LogP contribution >= 0.6 is 11.3 Å². The van der Waals surface area contributed by atoms with E-state index in [-0.39, 0.29) is 11.8 Å². The number of hydrogen-bond acceptors (Lipinski definition) is 5. The minimum atomic E-state index is -0.930. The average molecular weight is 430 g/mol. The van der Waals surface area contributed by atoms with Gasteiger partial charge in [0.1, 0.15) is 5.00 Å². The predicted molar refractivity (Wildman–Crippen MR) is 116 cm³/mol. The number of hydrogen-bond donors (Lipinski definition) is 3. The van der Waals surface area contributed by atoms with Gasteiger partial charge in [-0.3, -0.25) is 19.4 Å². The third-order valence-corrected chi connectivity index (χ3v) is 6.69. The van der Waals surface area contributed by atoms with Crippen molar-refractivity contribution in [2.45, 2.75) is 52.5 Å². The van der Waals surface area contributed by atoms with Crippen molar-refractivity contribution in [1.29, 1.82) is 0 Å². The van der Waals surface area contributed by atoms with Crippen molar-refractivity contribution in [1.82, 2.24) is 10.3 Å². The number of aryl methyl sites for hydroxylation is 1. The normalized spacial score (nSPS) is 18.6. The smallest absolute Gasteiger partial charge is 0.307 e. The van der Waals surface area contributed by atoms with Gasteiger partial charge in [-0.1, -0.05) is 25.8 Å². The summed E-state index contributed by atoms with van der Waals surface area (Å²) in [5.41, 5.74) is 2.25. The highest BCUT2D eigenvalue weighted by Gasteiger charge is 2.36. The molecule has 3 N–H and O–H groups in total. The van der Waals surface area contributed by atoms with E-state index < -0.39 is 17.8 Å². The SMILES string of the molecule is CCc1c(C)sc(NC(=O)C2CCCCC2C(=O)O)c1C(=O)NCc1cccnc1. The fraction of sp³-hybridized carbons (Fsp3) is 0.455. The maximum atomic E-state index is 13.0. The van der Waals surface area contributed by atoms with Crippen LogP contribution in [-0.2, 0) is 22.6 Å². The van der Waals surface area contributed by atoms with Gasteiger partial charge in [-0.2, -0.15) is 0 Å². The maximum absolute atomic E-state index is 13.0. The lowest BCUT2D eigenvalue weighted by Gasteiger charge is -2.27. The highest BCUT2D eigenvalue weighted by molar-refractivity contribution is 7.16. The van der Waals surface area contributed by atoms with Gasteiger partial charge in [-0.25, -0.2) is 0 Å². The first-order valence-corrected chi connectivity index (χ1v) is 11.1. The van der Waals surface area contributed by atoms with E-state index in [1.165, 1.54) is 11.3 Å². The number of pyridine rings is 1. The van der Waals surface area contributed by atoms with Crippen LogP contribution in [0.3, 0.4) is 0 Å². The van der Waals surface area contributed by atoms with Crippen molar-refractivity contribution in [2.75, 3.05) is 5.32 Å². The third-order valence-electron chi connectivity index (χ3n) is 5.62. The molecule has 2 aromatic rings. The van der Waals surface area contributed by atoms with E-state index in [2.05, 4.69) is 15.6 Å². The summed E-state index contributed by atoms with van der Waals surface area (Å²) in [6.07, 6.45) is 6.75. The number of anilines is 1. The van der Waals surface area contributed by atoms with E-state index >= 15 is 0 Å². The van der Waals surface area contributed by atoms with Crippen LogP contribution in [0.2, 0.25) is 0 Å². The highest BCUT2D eigenvalue weighted by atomic mass is 32.1. The topological polar surface area (TPSA) is 108 Å². The molecule has 2 atom stereocenters. The largest absolute Gasteiger partial charge is 0.481 e. The van der Waals surface area contributed by atoms with E-state index in [4.69, 9.17) is 0 Å². The van der Waals surface area contributed by atoms with E-state index in [0.29, 0.717) is 36.4 Å². The molecule has 3 rings (SSSR count). The van der Waals surface area contributed by atoms with Crippen LogP contribution in [0.1, 0.15) is 59.0 Å². The Labute approximate surface area is 179 Å². The molecule has 0 saturated heterocycles. The molecule has 1 aliphatic rings. The molecule has 30 heavy (non-hydrogen) atoms. The Balaban J connectivity index is 1.80. The number of nitrogens with one attached hydrogen (secondary N) is 2. The van der Waals surface area contributed by atoms with E-state index in [1.807, 2.05) is 26.0 Å². The number of carboxylic acids is 1. The zero-order valence-corrected chi connectivity index (χ0v) is 18.1. The van der Waals surface area contributed by atoms with Gasteiger partial charge in [0.15, 0.2) is 0 Å². The Morgan fingerprint density at radius 2 is 1.97 bits per heavy atom. The summed E-state index contributed by atoms with van der Waals surface area (Å²) < 4.78 is 0. The summed E-state index contributed by atoms with van der Waals surface area (Å²) in [6.45, 7) is 4.24. The lowest BCUT2D eigenvalue weighted by molar-refractivity contribution is -0.147. The van der Waals surface area contributed by atoms with Gasteiger partial charge in [0.2, 0.25) is 5.91 Å². The summed E-state index contributed by atoms with van der Waals surface area (Å²) in [7, 11) is 0. The van der Waals surface area contributed by atoms with Crippen LogP contribution < -0.4 is 10.6 Å². The lowest BCUT2D eigenvalue weighted by atomic mass is 9.79. The zero-order chi connectivity index (χ0) is 21.7. The van der Waals surface area contributed by atoms with Gasteiger partial charge in [0.25, 0.3) is 5.91 Å². The second-order valence-corrected chi connectivity index (χ2v) is 8.79. The predicted octanol–water partition coefficient (Wildman–Crippen LogP) is 3.77. The van der Waals surface area contributed by atoms with Crippen LogP contribution in [0.25, 0.3) is 0 Å². The number of amides is 2. The number of aliphatic carboxylic acids is 1. The first-order chi connectivity index (χ1) is 14.4. The third kappa shape index (κ3) is 4.87. The molecular weight excluding hydrogens is 402 g/mol. The summed E-state index contributed by atoms with van der Waals surface area (Å²) in [5.74, 6) is -2.75. The fourth-order valence-electron chi connectivity index (χ4n) is 4.05. The van der Waals surface area contributed by atoms with Gasteiger partial charge < -0.3 is 15.7 Å². The first kappa shape index (κ1) is 22.0. The molecule has 7 nitrogen and oxygen atoms in total. The molecule has 1 fully saturated rings. The van der Waals surface area contributed by atoms with Crippen LogP contribution in [0.15, 0.2) is 24.5 Å². The summed E-state index contributed by atoms with van der Waals surface area (Å²) >= 11 is 1.36. The quantitative estimate of drug-likeness (QED) is 0.621. The second kappa shape index (κ2) is 9.84. The van der Waals surface area contributed by atoms with Crippen molar-refractivity contribution in [2.24, 2.45) is 11.8 Å². The fourth-order valence-corrected chi connectivity index (χ4v) is 5.20. The molecule has 2 unspecified atom stereocenters. The van der Waals surface area contributed by atoms with Crippen molar-refractivity contribution in [3.05, 3.63) is 46.1 Å². The number of carboxylic acid groups (broad SMARTS) is 1. The molecular formula is C22H27N3O4S. The van der Waals surface area contributed by atoms with Gasteiger partial charge in [0, 0.05) is 23.8 Å². The Bertz CT molecular complexity index is 926. The van der Waals surface area contributed by atoms with Gasteiger partial charge >= 0.3 is 5.97 Å². The Morgan fingerprint density at radius 1 is 1.23 bits per heavy atom. The molecule has 2 amide bonds. The van der Waals surface area contributed by atoms with Crippen LogP contribution in [0, 0.1) is 18.8 Å². The Kier molecular flexibility index (Phi) is 7.20. The van der Waals surface area contributed by atoms with Crippen LogP contribution in [-0.4, -0.2) is 27.9 Å². The monoisotopic (exact) mass is 429 g/mol. The van der Waals surface area contributed by atoms with Crippen molar-refractivity contribution in [3.63, 3.8) is 0 Å². The minimum Gasteiger partial charge on any atom is -0.481 e. The molecule has 1 saturated carbocycles. The second-order valence-electron chi connectivity index (χ2n) is 7.56.